The first-order valence-corrected chi connectivity index (χ1v) is 5.98. The van der Waals surface area contributed by atoms with Gasteiger partial charge in [0.15, 0.2) is 0 Å². The zero-order valence-electron chi connectivity index (χ0n) is 11.6. The van der Waals surface area contributed by atoms with Crippen molar-refractivity contribution in [2.24, 2.45) is 5.92 Å². The Morgan fingerprint density at radius 2 is 1.13 bits per heavy atom. The second kappa shape index (κ2) is 5.90. The Morgan fingerprint density at radius 1 is 0.800 bits per heavy atom. The average molecular weight is 214 g/mol. The molecule has 3 heteroatoms. The van der Waals surface area contributed by atoms with Gasteiger partial charge in [-0.05, 0) is 27.7 Å². The van der Waals surface area contributed by atoms with E-state index in [1.165, 1.54) is 0 Å². The normalized spacial score (nSPS) is 13.6. The number of rotatable bonds is 6. The van der Waals surface area contributed by atoms with Crippen molar-refractivity contribution < 1.29 is 9.31 Å². The monoisotopic (exact) mass is 214 g/mol. The minimum Gasteiger partial charge on any atom is -0.587 e. The van der Waals surface area contributed by atoms with Crippen molar-refractivity contribution in [2.75, 3.05) is 0 Å². The molecule has 0 aromatic rings. The van der Waals surface area contributed by atoms with Crippen LogP contribution in [0.25, 0.3) is 0 Å². The Labute approximate surface area is 95.9 Å². The maximum absolute atomic E-state index is 5.86. The third-order valence-corrected chi connectivity index (χ3v) is 2.89. The van der Waals surface area contributed by atoms with E-state index in [2.05, 4.69) is 27.7 Å². The Bertz CT molecular complexity index is 166. The fourth-order valence-corrected chi connectivity index (χ4v) is 1.15. The summed E-state index contributed by atoms with van der Waals surface area (Å²) in [5.74, 6) is 0.528. The van der Waals surface area contributed by atoms with Gasteiger partial charge in [-0.3, -0.25) is 0 Å². The summed E-state index contributed by atoms with van der Waals surface area (Å²) < 4.78 is 11.7. The highest BCUT2D eigenvalue weighted by atomic mass is 16.6. The topological polar surface area (TPSA) is 18.5 Å². The van der Waals surface area contributed by atoms with Gasteiger partial charge in [-0.2, -0.15) is 0 Å². The Morgan fingerprint density at radius 3 is 1.33 bits per heavy atom. The van der Waals surface area contributed by atoms with E-state index in [4.69, 9.17) is 9.31 Å². The van der Waals surface area contributed by atoms with Crippen LogP contribution in [-0.4, -0.2) is 19.3 Å². The van der Waals surface area contributed by atoms with Crippen molar-refractivity contribution in [3.05, 3.63) is 0 Å². The van der Waals surface area contributed by atoms with E-state index < -0.39 is 0 Å². The Hall–Kier alpha value is -0.0151. The van der Waals surface area contributed by atoms with Crippen molar-refractivity contribution in [2.45, 2.75) is 72.9 Å². The van der Waals surface area contributed by atoms with Crippen LogP contribution < -0.4 is 0 Å². The molecule has 0 rings (SSSR count). The molecule has 0 atom stereocenters. The maximum Gasteiger partial charge on any atom is 0.145 e. The van der Waals surface area contributed by atoms with Crippen LogP contribution in [-0.2, 0) is 9.31 Å². The highest BCUT2D eigenvalue weighted by molar-refractivity contribution is 6.48. The predicted molar refractivity (Wildman–Crippen MR) is 67.1 cm³/mol. The van der Waals surface area contributed by atoms with Crippen molar-refractivity contribution >= 4 is 7.12 Å². The van der Waals surface area contributed by atoms with E-state index in [1.54, 1.807) is 0 Å². The Balaban J connectivity index is 4.60. The van der Waals surface area contributed by atoms with E-state index in [1.807, 2.05) is 27.7 Å². The minimum atomic E-state index is -0.127. The molecule has 0 bridgehead atoms. The van der Waals surface area contributed by atoms with Gasteiger partial charge in [0.1, 0.15) is 7.12 Å². The lowest BCUT2D eigenvalue weighted by Gasteiger charge is -2.49. The molecule has 0 saturated heterocycles. The quantitative estimate of drug-likeness (QED) is 0.626. The first kappa shape index (κ1) is 15.0. The smallest absolute Gasteiger partial charge is 0.145 e. The van der Waals surface area contributed by atoms with E-state index in [0.29, 0.717) is 5.92 Å². The van der Waals surface area contributed by atoms with E-state index in [9.17, 15) is 0 Å². The third-order valence-electron chi connectivity index (χ3n) is 2.89. The molecule has 15 heavy (non-hydrogen) atoms. The van der Waals surface area contributed by atoms with Gasteiger partial charge in [-0.1, -0.05) is 33.6 Å². The molecule has 0 aromatic heterocycles. The molecule has 0 amide bonds. The van der Waals surface area contributed by atoms with E-state index in [0.717, 1.165) is 0 Å². The van der Waals surface area contributed by atoms with Gasteiger partial charge in [0.05, 0.1) is 0 Å². The SMILES string of the molecule is CC(C)O[B-](OC(C)C)C(C)(C)C(C)C. The first-order chi connectivity index (χ1) is 6.67. The standard InChI is InChI=1S/C12H27BO2/c1-9(2)12(7,8)13(14-10(3)4)15-11(5)6/h9-11H,1-8H3/q-1. The van der Waals surface area contributed by atoms with Crippen LogP contribution in [0.1, 0.15) is 55.4 Å². The molecular formula is C12H27BO2-. The summed E-state index contributed by atoms with van der Waals surface area (Å²) in [5, 5.41) is 0.0363. The van der Waals surface area contributed by atoms with Crippen LogP contribution in [0.5, 0.6) is 0 Å². The predicted octanol–water partition coefficient (Wildman–Crippen LogP) is 3.76. The molecule has 0 heterocycles. The molecule has 0 unspecified atom stereocenters. The molecule has 0 aromatic carbocycles. The highest BCUT2D eigenvalue weighted by Gasteiger charge is 2.26. The van der Waals surface area contributed by atoms with Crippen LogP contribution in [0, 0.1) is 5.92 Å². The summed E-state index contributed by atoms with van der Waals surface area (Å²) in [6.45, 7) is 17.0. The molecule has 0 aliphatic heterocycles. The molecule has 91 valence electrons. The summed E-state index contributed by atoms with van der Waals surface area (Å²) in [6.07, 6.45) is 0.401. The van der Waals surface area contributed by atoms with Gasteiger partial charge in [-0.25, -0.2) is 0 Å². The molecule has 1 radical (unpaired) electrons. The van der Waals surface area contributed by atoms with Gasteiger partial charge < -0.3 is 9.31 Å². The van der Waals surface area contributed by atoms with Gasteiger partial charge in [0.25, 0.3) is 0 Å². The average Bonchev–Trinajstić information content (AvgIpc) is 2.00. The highest BCUT2D eigenvalue weighted by Crippen LogP contribution is 2.39. The maximum atomic E-state index is 5.86. The fourth-order valence-electron chi connectivity index (χ4n) is 1.15. The van der Waals surface area contributed by atoms with Crippen molar-refractivity contribution in [1.29, 1.82) is 0 Å². The van der Waals surface area contributed by atoms with Gasteiger partial charge >= 0.3 is 0 Å². The lowest BCUT2D eigenvalue weighted by Crippen LogP contribution is -2.41. The van der Waals surface area contributed by atoms with Gasteiger partial charge in [0, 0.05) is 12.2 Å². The first-order valence-electron chi connectivity index (χ1n) is 5.98. The second-order valence-electron chi connectivity index (χ2n) is 5.68. The van der Waals surface area contributed by atoms with Crippen molar-refractivity contribution in [1.82, 2.24) is 0 Å². The summed E-state index contributed by atoms with van der Waals surface area (Å²) in [7, 11) is -0.127. The lowest BCUT2D eigenvalue weighted by atomic mass is 9.54. The molecule has 0 saturated carbocycles. The van der Waals surface area contributed by atoms with Crippen LogP contribution in [0.15, 0.2) is 0 Å². The molecule has 0 fully saturated rings. The molecule has 0 aliphatic rings. The second-order valence-corrected chi connectivity index (χ2v) is 5.68. The van der Waals surface area contributed by atoms with Gasteiger partial charge in [-0.15, -0.1) is 5.31 Å². The zero-order valence-corrected chi connectivity index (χ0v) is 11.6. The van der Waals surface area contributed by atoms with Crippen LogP contribution in [0.2, 0.25) is 5.31 Å². The zero-order chi connectivity index (χ0) is 12.2. The molecule has 0 N–H and O–H groups in total. The largest absolute Gasteiger partial charge is 0.587 e. The number of hydrogen-bond donors (Lipinski definition) is 0. The summed E-state index contributed by atoms with van der Waals surface area (Å²) in [5.41, 5.74) is 0. The van der Waals surface area contributed by atoms with Crippen LogP contribution in [0.3, 0.4) is 0 Å². The van der Waals surface area contributed by atoms with Crippen molar-refractivity contribution in [3.8, 4) is 0 Å². The van der Waals surface area contributed by atoms with Crippen LogP contribution >= 0.6 is 0 Å². The molecule has 0 spiro atoms. The fraction of sp³-hybridized carbons (Fsp3) is 1.00. The van der Waals surface area contributed by atoms with Crippen molar-refractivity contribution in [3.63, 3.8) is 0 Å². The third kappa shape index (κ3) is 5.03. The van der Waals surface area contributed by atoms with E-state index >= 15 is 0 Å². The summed E-state index contributed by atoms with van der Waals surface area (Å²) >= 11 is 0. The number of hydrogen-bond acceptors (Lipinski definition) is 2. The summed E-state index contributed by atoms with van der Waals surface area (Å²) in [4.78, 5) is 0. The van der Waals surface area contributed by atoms with E-state index in [-0.39, 0.29) is 24.6 Å². The Kier molecular flexibility index (Phi) is 5.90. The van der Waals surface area contributed by atoms with Crippen LogP contribution in [0.4, 0.5) is 0 Å². The summed E-state index contributed by atoms with van der Waals surface area (Å²) in [6, 6.07) is 0. The minimum absolute atomic E-state index is 0.0363. The van der Waals surface area contributed by atoms with Gasteiger partial charge in [0.2, 0.25) is 0 Å². The lowest BCUT2D eigenvalue weighted by molar-refractivity contribution is 0.106. The molecule has 2 nitrogen and oxygen atoms in total. The molecule has 0 aliphatic carbocycles. The molecular weight excluding hydrogens is 187 g/mol.